The van der Waals surface area contributed by atoms with Crippen molar-refractivity contribution in [2.75, 3.05) is 19.7 Å². The highest BCUT2D eigenvalue weighted by atomic mass is 79.9. The Bertz CT molecular complexity index is 673. The number of aliphatic carboxylic acids is 1. The van der Waals surface area contributed by atoms with Crippen LogP contribution in [0.1, 0.15) is 30.4 Å². The van der Waals surface area contributed by atoms with Gasteiger partial charge in [0.05, 0.1) is 13.0 Å². The topological polar surface area (TPSA) is 58.6 Å². The Balaban J connectivity index is 1.60. The fourth-order valence-electron chi connectivity index (χ4n) is 2.64. The Labute approximate surface area is 163 Å². The molecule has 140 valence electrons. The van der Waals surface area contributed by atoms with E-state index in [0.717, 1.165) is 42.5 Å². The maximum Gasteiger partial charge on any atom is 0.304 e. The van der Waals surface area contributed by atoms with Crippen LogP contribution in [0.2, 0.25) is 0 Å². The van der Waals surface area contributed by atoms with Crippen LogP contribution in [0.3, 0.4) is 0 Å². The van der Waals surface area contributed by atoms with Gasteiger partial charge in [0.1, 0.15) is 5.75 Å². The fourth-order valence-corrected chi connectivity index (χ4v) is 3.13. The zero-order valence-corrected chi connectivity index (χ0v) is 16.5. The molecule has 4 nitrogen and oxygen atoms in total. The second-order valence-electron chi connectivity index (χ2n) is 6.18. The van der Waals surface area contributed by atoms with Gasteiger partial charge in [-0.15, -0.1) is 0 Å². The Morgan fingerprint density at radius 2 is 1.77 bits per heavy atom. The number of rotatable bonds is 12. The van der Waals surface area contributed by atoms with E-state index in [1.54, 1.807) is 0 Å². The number of carbonyl (C=O) groups is 1. The molecule has 0 heterocycles. The minimum Gasteiger partial charge on any atom is -0.494 e. The molecule has 26 heavy (non-hydrogen) atoms. The maximum atomic E-state index is 10.4. The molecular weight excluding hydrogens is 394 g/mol. The average molecular weight is 420 g/mol. The molecule has 0 saturated carbocycles. The van der Waals surface area contributed by atoms with Crippen LogP contribution in [0.15, 0.2) is 53.0 Å². The van der Waals surface area contributed by atoms with E-state index < -0.39 is 5.97 Å². The molecule has 2 rings (SSSR count). The van der Waals surface area contributed by atoms with E-state index in [1.807, 2.05) is 18.2 Å². The summed E-state index contributed by atoms with van der Waals surface area (Å²) >= 11 is 3.57. The lowest BCUT2D eigenvalue weighted by Crippen LogP contribution is -2.19. The molecule has 0 spiro atoms. The van der Waals surface area contributed by atoms with Gasteiger partial charge in [-0.05, 0) is 61.6 Å². The highest BCUT2D eigenvalue weighted by molar-refractivity contribution is 9.10. The number of halogens is 1. The number of ether oxygens (including phenoxy) is 1. The standard InChI is InChI=1S/C21H26BrNO3/c22-20-8-2-1-6-18(20)7-4-16-26-19-11-9-17(10-12-19)5-3-14-23-15-13-21(24)25/h1-2,6,8-12,23H,3-5,7,13-16H2,(H,24,25). The van der Waals surface area contributed by atoms with E-state index in [2.05, 4.69) is 51.6 Å². The van der Waals surface area contributed by atoms with Gasteiger partial charge in [-0.2, -0.15) is 0 Å². The quantitative estimate of drug-likeness (QED) is 0.498. The molecule has 2 N–H and O–H groups in total. The first-order valence-corrected chi connectivity index (χ1v) is 9.82. The van der Waals surface area contributed by atoms with Crippen molar-refractivity contribution < 1.29 is 14.6 Å². The van der Waals surface area contributed by atoms with Crippen molar-refractivity contribution in [1.82, 2.24) is 5.32 Å². The van der Waals surface area contributed by atoms with Crippen molar-refractivity contribution in [1.29, 1.82) is 0 Å². The normalized spacial score (nSPS) is 10.7. The van der Waals surface area contributed by atoms with Gasteiger partial charge in [0, 0.05) is 11.0 Å². The first-order chi connectivity index (χ1) is 12.6. The van der Waals surface area contributed by atoms with Gasteiger partial charge in [-0.25, -0.2) is 0 Å². The molecule has 0 fully saturated rings. The first kappa shape index (κ1) is 20.5. The number of hydrogen-bond donors (Lipinski definition) is 2. The lowest BCUT2D eigenvalue weighted by molar-refractivity contribution is -0.136. The molecule has 0 aliphatic rings. The predicted molar refractivity (Wildman–Crippen MR) is 108 cm³/mol. The van der Waals surface area contributed by atoms with Gasteiger partial charge in [-0.1, -0.05) is 46.3 Å². The second kappa shape index (κ2) is 11.7. The van der Waals surface area contributed by atoms with Crippen LogP contribution in [-0.4, -0.2) is 30.8 Å². The molecule has 0 atom stereocenters. The maximum absolute atomic E-state index is 10.4. The third kappa shape index (κ3) is 8.02. The van der Waals surface area contributed by atoms with Gasteiger partial charge in [-0.3, -0.25) is 4.79 Å². The zero-order valence-electron chi connectivity index (χ0n) is 14.9. The summed E-state index contributed by atoms with van der Waals surface area (Å²) in [5.74, 6) is 0.143. The summed E-state index contributed by atoms with van der Waals surface area (Å²) in [6.45, 7) is 2.07. The fraction of sp³-hybridized carbons (Fsp3) is 0.381. The number of nitrogens with one attached hydrogen (secondary N) is 1. The SMILES string of the molecule is O=C(O)CCNCCCc1ccc(OCCCc2ccccc2Br)cc1. The molecule has 2 aromatic rings. The zero-order chi connectivity index (χ0) is 18.6. The third-order valence-corrected chi connectivity index (χ3v) is 4.85. The largest absolute Gasteiger partial charge is 0.494 e. The van der Waals surface area contributed by atoms with Gasteiger partial charge in [0.15, 0.2) is 0 Å². The Kier molecular flexibility index (Phi) is 9.21. The Morgan fingerprint density at radius 1 is 1.00 bits per heavy atom. The van der Waals surface area contributed by atoms with Gasteiger partial charge >= 0.3 is 5.97 Å². The van der Waals surface area contributed by atoms with Crippen molar-refractivity contribution >= 4 is 21.9 Å². The van der Waals surface area contributed by atoms with E-state index in [-0.39, 0.29) is 6.42 Å². The highest BCUT2D eigenvalue weighted by Crippen LogP contribution is 2.18. The van der Waals surface area contributed by atoms with E-state index in [4.69, 9.17) is 9.84 Å². The van der Waals surface area contributed by atoms with E-state index in [1.165, 1.54) is 11.1 Å². The lowest BCUT2D eigenvalue weighted by Gasteiger charge is -2.08. The molecule has 5 heteroatoms. The third-order valence-electron chi connectivity index (χ3n) is 4.08. The first-order valence-electron chi connectivity index (χ1n) is 9.03. The van der Waals surface area contributed by atoms with Crippen LogP contribution in [0, 0.1) is 0 Å². The monoisotopic (exact) mass is 419 g/mol. The Hall–Kier alpha value is -1.85. The summed E-state index contributed by atoms with van der Waals surface area (Å²) in [6.07, 6.45) is 4.11. The number of carboxylic acids is 1. The molecule has 0 aliphatic carbocycles. The van der Waals surface area contributed by atoms with Crippen LogP contribution in [0.4, 0.5) is 0 Å². The number of aryl methyl sites for hydroxylation is 2. The molecule has 0 aromatic heterocycles. The molecular formula is C21H26BrNO3. The molecule has 0 bridgehead atoms. The summed E-state index contributed by atoms with van der Waals surface area (Å²) in [5.41, 5.74) is 2.58. The van der Waals surface area contributed by atoms with Crippen LogP contribution in [0.25, 0.3) is 0 Å². The van der Waals surface area contributed by atoms with Crippen LogP contribution in [-0.2, 0) is 17.6 Å². The minimum atomic E-state index is -0.760. The van der Waals surface area contributed by atoms with Crippen LogP contribution < -0.4 is 10.1 Å². The number of benzene rings is 2. The molecule has 0 radical (unpaired) electrons. The van der Waals surface area contributed by atoms with Crippen LogP contribution >= 0.6 is 15.9 Å². The smallest absolute Gasteiger partial charge is 0.304 e. The number of hydrogen-bond acceptors (Lipinski definition) is 3. The van der Waals surface area contributed by atoms with Crippen molar-refractivity contribution in [2.45, 2.75) is 32.1 Å². The lowest BCUT2D eigenvalue weighted by atomic mass is 10.1. The predicted octanol–water partition coefficient (Wildman–Crippen LogP) is 4.46. The second-order valence-corrected chi connectivity index (χ2v) is 7.04. The summed E-state index contributed by atoms with van der Waals surface area (Å²) < 4.78 is 6.97. The summed E-state index contributed by atoms with van der Waals surface area (Å²) in [4.78, 5) is 10.4. The molecule has 0 amide bonds. The minimum absolute atomic E-state index is 0.174. The van der Waals surface area contributed by atoms with E-state index in [9.17, 15) is 4.79 Å². The molecule has 0 saturated heterocycles. The van der Waals surface area contributed by atoms with E-state index in [0.29, 0.717) is 13.2 Å². The molecule has 0 aliphatic heterocycles. The van der Waals surface area contributed by atoms with Gasteiger partial charge in [0.2, 0.25) is 0 Å². The summed E-state index contributed by atoms with van der Waals surface area (Å²) in [6, 6.07) is 16.5. The average Bonchev–Trinajstić information content (AvgIpc) is 2.64. The van der Waals surface area contributed by atoms with Gasteiger partial charge < -0.3 is 15.2 Å². The number of carboxylic acid groups (broad SMARTS) is 1. The van der Waals surface area contributed by atoms with Gasteiger partial charge in [0.25, 0.3) is 0 Å². The van der Waals surface area contributed by atoms with Crippen molar-refractivity contribution in [3.05, 3.63) is 64.1 Å². The highest BCUT2D eigenvalue weighted by Gasteiger charge is 2.00. The van der Waals surface area contributed by atoms with E-state index >= 15 is 0 Å². The van der Waals surface area contributed by atoms with Crippen molar-refractivity contribution in [3.8, 4) is 5.75 Å². The van der Waals surface area contributed by atoms with Crippen LogP contribution in [0.5, 0.6) is 5.75 Å². The summed E-state index contributed by atoms with van der Waals surface area (Å²) in [5, 5.41) is 11.7. The molecule has 0 unspecified atom stereocenters. The summed E-state index contributed by atoms with van der Waals surface area (Å²) in [7, 11) is 0. The van der Waals surface area contributed by atoms with Crippen molar-refractivity contribution in [3.63, 3.8) is 0 Å². The van der Waals surface area contributed by atoms with Crippen molar-refractivity contribution in [2.24, 2.45) is 0 Å². The Morgan fingerprint density at radius 3 is 2.50 bits per heavy atom. The molecule has 2 aromatic carbocycles.